The van der Waals surface area contributed by atoms with E-state index in [1.165, 1.54) is 0 Å². The van der Waals surface area contributed by atoms with Crippen molar-refractivity contribution in [2.24, 2.45) is 5.92 Å². The van der Waals surface area contributed by atoms with Gasteiger partial charge in [-0.15, -0.1) is 0 Å². The number of carbonyl (C=O) groups excluding carboxylic acids is 2. The van der Waals surface area contributed by atoms with Crippen molar-refractivity contribution >= 4 is 11.8 Å². The van der Waals surface area contributed by atoms with Gasteiger partial charge in [-0.3, -0.25) is 4.79 Å². The smallest absolute Gasteiger partial charge is 0.339 e. The first-order valence-corrected chi connectivity index (χ1v) is 9.38. The van der Waals surface area contributed by atoms with Crippen LogP contribution in [0.5, 0.6) is 0 Å². The fraction of sp³-hybridized carbons (Fsp3) is 0.545. The maximum absolute atomic E-state index is 12.2. The zero-order valence-corrected chi connectivity index (χ0v) is 16.7. The predicted molar refractivity (Wildman–Crippen MR) is 105 cm³/mol. The van der Waals surface area contributed by atoms with E-state index in [4.69, 9.17) is 14.2 Å². The molecule has 148 valence electrons. The number of Topliss-reactive ketones (excluding diaryl/α,β-unsaturated/α-hetero) is 1. The van der Waals surface area contributed by atoms with Gasteiger partial charge in [-0.25, -0.2) is 4.79 Å². The van der Waals surface area contributed by atoms with Gasteiger partial charge in [-0.2, -0.15) is 0 Å². The summed E-state index contributed by atoms with van der Waals surface area (Å²) < 4.78 is 15.9. The summed E-state index contributed by atoms with van der Waals surface area (Å²) >= 11 is 0. The average molecular weight is 374 g/mol. The van der Waals surface area contributed by atoms with Crippen LogP contribution in [0.15, 0.2) is 24.3 Å². The second-order valence-electron chi connectivity index (χ2n) is 6.69. The highest BCUT2D eigenvalue weighted by Crippen LogP contribution is 2.09. The zero-order chi connectivity index (χ0) is 20.1. The van der Waals surface area contributed by atoms with E-state index in [1.807, 2.05) is 27.7 Å². The molecular formula is C22H30O5. The maximum Gasteiger partial charge on any atom is 0.339 e. The Morgan fingerprint density at radius 1 is 0.963 bits per heavy atom. The summed E-state index contributed by atoms with van der Waals surface area (Å²) in [4.78, 5) is 24.1. The van der Waals surface area contributed by atoms with Crippen molar-refractivity contribution < 1.29 is 23.8 Å². The molecule has 0 amide bonds. The third-order valence-electron chi connectivity index (χ3n) is 3.48. The molecule has 0 spiro atoms. The van der Waals surface area contributed by atoms with Crippen LogP contribution in [0.2, 0.25) is 0 Å². The van der Waals surface area contributed by atoms with Gasteiger partial charge in [0.05, 0.1) is 24.9 Å². The van der Waals surface area contributed by atoms with Crippen LogP contribution in [0.25, 0.3) is 0 Å². The first-order valence-electron chi connectivity index (χ1n) is 9.38. The van der Waals surface area contributed by atoms with Crippen LogP contribution in [-0.4, -0.2) is 44.3 Å². The summed E-state index contributed by atoms with van der Waals surface area (Å²) in [5.41, 5.74) is 0.987. The molecule has 0 saturated heterocycles. The molecule has 0 fully saturated rings. The summed E-state index contributed by atoms with van der Waals surface area (Å²) in [7, 11) is 0. The Morgan fingerprint density at radius 2 is 1.63 bits per heavy atom. The predicted octanol–water partition coefficient (Wildman–Crippen LogP) is 3.91. The molecule has 0 heterocycles. The Bertz CT molecular complexity index is 635. The summed E-state index contributed by atoms with van der Waals surface area (Å²) in [6.07, 6.45) is 1.25. The molecule has 1 aromatic carbocycles. The number of benzene rings is 1. The molecule has 0 aliphatic rings. The van der Waals surface area contributed by atoms with E-state index < -0.39 is 5.97 Å². The minimum Gasteiger partial charge on any atom is -0.449 e. The normalized spacial score (nSPS) is 10.6. The van der Waals surface area contributed by atoms with E-state index in [0.717, 1.165) is 0 Å². The van der Waals surface area contributed by atoms with Crippen molar-refractivity contribution in [1.82, 2.24) is 0 Å². The van der Waals surface area contributed by atoms with Crippen molar-refractivity contribution in [1.29, 1.82) is 0 Å². The van der Waals surface area contributed by atoms with Crippen LogP contribution in [0, 0.1) is 17.8 Å². The van der Waals surface area contributed by atoms with E-state index >= 15 is 0 Å². The standard InChI is InChI=1S/C22H30O5/c1-17(2)7-5-14-27-22(24)20-11-9-19(10-12-20)21(23)8-6-13-25-15-16-26-18(3)4/h9-12,17-18H,6,8,13-16H2,1-4H3. The molecule has 1 rings (SSSR count). The molecule has 5 heteroatoms. The fourth-order valence-corrected chi connectivity index (χ4v) is 2.15. The van der Waals surface area contributed by atoms with Crippen molar-refractivity contribution in [3.8, 4) is 11.8 Å². The molecule has 0 atom stereocenters. The second-order valence-corrected chi connectivity index (χ2v) is 6.69. The van der Waals surface area contributed by atoms with Crippen molar-refractivity contribution in [3.05, 3.63) is 35.4 Å². The van der Waals surface area contributed by atoms with E-state index in [0.29, 0.717) is 43.8 Å². The molecule has 0 saturated carbocycles. The van der Waals surface area contributed by atoms with E-state index in [2.05, 4.69) is 11.8 Å². The second kappa shape index (κ2) is 13.1. The Kier molecular flexibility index (Phi) is 11.1. The van der Waals surface area contributed by atoms with Gasteiger partial charge in [0.15, 0.2) is 12.4 Å². The third kappa shape index (κ3) is 10.5. The van der Waals surface area contributed by atoms with Crippen LogP contribution in [0.1, 0.15) is 61.3 Å². The van der Waals surface area contributed by atoms with E-state index in [-0.39, 0.29) is 24.4 Å². The molecule has 0 unspecified atom stereocenters. The quantitative estimate of drug-likeness (QED) is 0.254. The first-order chi connectivity index (χ1) is 12.9. The van der Waals surface area contributed by atoms with Crippen LogP contribution in [-0.2, 0) is 14.2 Å². The third-order valence-corrected chi connectivity index (χ3v) is 3.48. The van der Waals surface area contributed by atoms with Gasteiger partial charge in [-0.05, 0) is 32.4 Å². The number of ketones is 1. The fourth-order valence-electron chi connectivity index (χ4n) is 2.15. The first kappa shape index (κ1) is 22.9. The van der Waals surface area contributed by atoms with Gasteiger partial charge in [-0.1, -0.05) is 37.8 Å². The Morgan fingerprint density at radius 3 is 2.26 bits per heavy atom. The molecule has 0 radical (unpaired) electrons. The molecule has 27 heavy (non-hydrogen) atoms. The average Bonchev–Trinajstić information content (AvgIpc) is 2.63. The van der Waals surface area contributed by atoms with Crippen LogP contribution < -0.4 is 0 Å². The minimum absolute atomic E-state index is 0.0275. The maximum atomic E-state index is 12.2. The van der Waals surface area contributed by atoms with E-state index in [1.54, 1.807) is 24.3 Å². The van der Waals surface area contributed by atoms with Gasteiger partial charge in [0, 0.05) is 24.5 Å². The van der Waals surface area contributed by atoms with Crippen LogP contribution in [0.4, 0.5) is 0 Å². The lowest BCUT2D eigenvalue weighted by Crippen LogP contribution is -2.10. The number of esters is 1. The molecule has 0 N–H and O–H groups in total. The van der Waals surface area contributed by atoms with Crippen molar-refractivity contribution in [2.45, 2.75) is 46.6 Å². The van der Waals surface area contributed by atoms with Crippen molar-refractivity contribution in [3.63, 3.8) is 0 Å². The Hall–Kier alpha value is -2.16. The van der Waals surface area contributed by atoms with Gasteiger partial charge in [0.1, 0.15) is 0 Å². The number of hydrogen-bond acceptors (Lipinski definition) is 5. The number of carbonyl (C=O) groups is 2. The molecule has 1 aromatic rings. The van der Waals surface area contributed by atoms with Gasteiger partial charge in [0.25, 0.3) is 0 Å². The summed E-state index contributed by atoms with van der Waals surface area (Å²) in [5.74, 6) is 5.55. The highest BCUT2D eigenvalue weighted by Gasteiger charge is 2.09. The monoisotopic (exact) mass is 374 g/mol. The number of rotatable bonds is 11. The lowest BCUT2D eigenvalue weighted by atomic mass is 10.0. The number of ether oxygens (including phenoxy) is 3. The molecule has 0 aromatic heterocycles. The Labute approximate surface area is 162 Å². The molecule has 0 bridgehead atoms. The molecular weight excluding hydrogens is 344 g/mol. The lowest BCUT2D eigenvalue weighted by molar-refractivity contribution is 0.0188. The Balaban J connectivity index is 2.31. The highest BCUT2D eigenvalue weighted by atomic mass is 16.5. The van der Waals surface area contributed by atoms with Crippen molar-refractivity contribution in [2.75, 3.05) is 26.4 Å². The topological polar surface area (TPSA) is 61.8 Å². The SMILES string of the molecule is CC(C)C#CCOC(=O)c1ccc(C(=O)CCCOCCOC(C)C)cc1. The molecule has 5 nitrogen and oxygen atoms in total. The van der Waals surface area contributed by atoms with Gasteiger partial charge < -0.3 is 14.2 Å². The number of hydrogen-bond donors (Lipinski definition) is 0. The molecule has 0 aliphatic heterocycles. The summed E-state index contributed by atoms with van der Waals surface area (Å²) in [5, 5.41) is 0. The van der Waals surface area contributed by atoms with Crippen LogP contribution in [0.3, 0.4) is 0 Å². The molecule has 0 aliphatic carbocycles. The van der Waals surface area contributed by atoms with Gasteiger partial charge in [0.2, 0.25) is 0 Å². The minimum atomic E-state index is -0.441. The highest BCUT2D eigenvalue weighted by molar-refractivity contribution is 5.97. The largest absolute Gasteiger partial charge is 0.449 e. The van der Waals surface area contributed by atoms with Gasteiger partial charge >= 0.3 is 5.97 Å². The van der Waals surface area contributed by atoms with E-state index in [9.17, 15) is 9.59 Å². The zero-order valence-electron chi connectivity index (χ0n) is 16.7. The lowest BCUT2D eigenvalue weighted by Gasteiger charge is -2.08. The summed E-state index contributed by atoms with van der Waals surface area (Å²) in [6.45, 7) is 9.58. The summed E-state index contributed by atoms with van der Waals surface area (Å²) in [6, 6.07) is 6.50. The van der Waals surface area contributed by atoms with Crippen LogP contribution >= 0.6 is 0 Å².